The molecule has 144 valence electrons. The first-order valence-corrected chi connectivity index (χ1v) is 9.99. The van der Waals surface area contributed by atoms with Crippen molar-refractivity contribution >= 4 is 5.91 Å². The quantitative estimate of drug-likeness (QED) is 0.720. The van der Waals surface area contributed by atoms with Crippen molar-refractivity contribution < 1.29 is 23.7 Å². The smallest absolute Gasteiger partial charge is 0.223 e. The van der Waals surface area contributed by atoms with Gasteiger partial charge in [-0.05, 0) is 38.5 Å². The third kappa shape index (κ3) is 3.77. The third-order valence-electron chi connectivity index (χ3n) is 6.28. The Labute approximate surface area is 155 Å². The second-order valence-corrected chi connectivity index (χ2v) is 7.77. The maximum atomic E-state index is 12.4. The van der Waals surface area contributed by atoms with Crippen LogP contribution in [-0.4, -0.2) is 61.4 Å². The van der Waals surface area contributed by atoms with E-state index in [9.17, 15) is 4.79 Å². The van der Waals surface area contributed by atoms with Gasteiger partial charge in [-0.15, -0.1) is 0 Å². The highest BCUT2D eigenvalue weighted by Crippen LogP contribution is 2.47. The molecule has 3 saturated heterocycles. The fourth-order valence-corrected chi connectivity index (χ4v) is 4.70. The van der Waals surface area contributed by atoms with Crippen molar-refractivity contribution in [2.45, 2.75) is 75.4 Å². The zero-order chi connectivity index (χ0) is 17.9. The minimum atomic E-state index is -0.387. The van der Waals surface area contributed by atoms with E-state index in [0.717, 1.165) is 58.0 Å². The summed E-state index contributed by atoms with van der Waals surface area (Å²) < 4.78 is 22.8. The molecular weight excluding hydrogens is 334 g/mol. The second kappa shape index (κ2) is 7.85. The van der Waals surface area contributed by atoms with E-state index in [4.69, 9.17) is 18.9 Å². The normalized spacial score (nSPS) is 29.9. The van der Waals surface area contributed by atoms with E-state index < -0.39 is 0 Å². The van der Waals surface area contributed by atoms with Gasteiger partial charge in [0.05, 0.1) is 19.8 Å². The van der Waals surface area contributed by atoms with Gasteiger partial charge < -0.3 is 23.8 Å². The molecule has 0 aromatic rings. The Hall–Kier alpha value is -1.13. The molecule has 6 heteroatoms. The highest BCUT2D eigenvalue weighted by Gasteiger charge is 2.52. The number of rotatable bonds is 3. The molecule has 1 aliphatic carbocycles. The van der Waals surface area contributed by atoms with Gasteiger partial charge in [-0.3, -0.25) is 4.79 Å². The Kier molecular flexibility index (Phi) is 5.51. The number of carbonyl (C=O) groups excluding carboxylic acids is 1. The minimum absolute atomic E-state index is 0.0559. The van der Waals surface area contributed by atoms with Crippen LogP contribution in [0, 0.1) is 11.8 Å². The van der Waals surface area contributed by atoms with Crippen LogP contribution in [0.25, 0.3) is 0 Å². The molecule has 0 aromatic carbocycles. The lowest BCUT2D eigenvalue weighted by Gasteiger charge is -2.45. The van der Waals surface area contributed by atoms with Crippen molar-refractivity contribution in [3.8, 4) is 11.8 Å². The summed E-state index contributed by atoms with van der Waals surface area (Å²) in [6.45, 7) is 3.00. The lowest BCUT2D eigenvalue weighted by atomic mass is 9.77. The van der Waals surface area contributed by atoms with Crippen LogP contribution in [0.3, 0.4) is 0 Å². The van der Waals surface area contributed by atoms with Gasteiger partial charge >= 0.3 is 0 Å². The van der Waals surface area contributed by atoms with Crippen LogP contribution in [-0.2, 0) is 23.7 Å². The summed E-state index contributed by atoms with van der Waals surface area (Å²) in [7, 11) is 0. The molecular formula is C20H29NO5. The van der Waals surface area contributed by atoms with Gasteiger partial charge in [-0.2, -0.15) is 0 Å². The van der Waals surface area contributed by atoms with E-state index >= 15 is 0 Å². The highest BCUT2D eigenvalue weighted by atomic mass is 16.7. The van der Waals surface area contributed by atoms with Crippen LogP contribution in [0.4, 0.5) is 0 Å². The molecule has 4 aliphatic rings. The van der Waals surface area contributed by atoms with Crippen molar-refractivity contribution in [1.82, 2.24) is 4.90 Å². The molecule has 6 nitrogen and oxygen atoms in total. The van der Waals surface area contributed by atoms with E-state index in [1.165, 1.54) is 0 Å². The van der Waals surface area contributed by atoms with Crippen molar-refractivity contribution in [2.24, 2.45) is 0 Å². The van der Waals surface area contributed by atoms with E-state index in [2.05, 4.69) is 11.8 Å². The molecule has 1 atom stereocenters. The number of nitrogens with zero attached hydrogens (tertiary/aromatic N) is 1. The molecule has 4 fully saturated rings. The molecule has 3 heterocycles. The molecule has 2 spiro atoms. The standard InChI is InChI=1S/C20H29NO5/c22-17-6-7-19(8-10-20(11-9-19)25-15-16-26-20)21(17)12-2-4-14-24-18-5-1-3-13-23-18/h18H,1,3,5-16H2. The molecule has 0 bridgehead atoms. The third-order valence-corrected chi connectivity index (χ3v) is 6.28. The lowest BCUT2D eigenvalue weighted by molar-refractivity contribution is -0.192. The summed E-state index contributed by atoms with van der Waals surface area (Å²) in [6.07, 6.45) is 8.26. The first kappa shape index (κ1) is 18.2. The SMILES string of the molecule is O=C1CCC2(CCC3(CC2)OCCO3)N1CC#CCOC1CCCCO1. The van der Waals surface area contributed by atoms with Crippen LogP contribution in [0.1, 0.15) is 57.8 Å². The molecule has 1 saturated carbocycles. The number of carbonyl (C=O) groups is 1. The maximum Gasteiger partial charge on any atom is 0.223 e. The Morgan fingerprint density at radius 1 is 1.04 bits per heavy atom. The predicted molar refractivity (Wildman–Crippen MR) is 94.1 cm³/mol. The summed E-state index contributed by atoms with van der Waals surface area (Å²) in [6, 6.07) is 0. The minimum Gasteiger partial charge on any atom is -0.353 e. The number of amides is 1. The summed E-state index contributed by atoms with van der Waals surface area (Å²) in [5, 5.41) is 0. The molecule has 1 amide bonds. The Morgan fingerprint density at radius 3 is 2.58 bits per heavy atom. The van der Waals surface area contributed by atoms with E-state index in [-0.39, 0.29) is 23.5 Å². The fraction of sp³-hybridized carbons (Fsp3) is 0.850. The summed E-state index contributed by atoms with van der Waals surface area (Å²) >= 11 is 0. The zero-order valence-electron chi connectivity index (χ0n) is 15.5. The largest absolute Gasteiger partial charge is 0.353 e. The van der Waals surface area contributed by atoms with E-state index in [0.29, 0.717) is 32.8 Å². The molecule has 0 aromatic heterocycles. The van der Waals surface area contributed by atoms with Crippen LogP contribution in [0.5, 0.6) is 0 Å². The molecule has 0 radical (unpaired) electrons. The number of hydrogen-bond acceptors (Lipinski definition) is 5. The predicted octanol–water partition coefficient (Wildman–Crippen LogP) is 2.21. The molecule has 1 unspecified atom stereocenters. The van der Waals surface area contributed by atoms with Crippen LogP contribution < -0.4 is 0 Å². The molecule has 3 aliphatic heterocycles. The van der Waals surface area contributed by atoms with Gasteiger partial charge in [-0.25, -0.2) is 0 Å². The second-order valence-electron chi connectivity index (χ2n) is 7.77. The summed E-state index contributed by atoms with van der Waals surface area (Å²) in [5.74, 6) is 6.03. The molecule has 26 heavy (non-hydrogen) atoms. The zero-order valence-corrected chi connectivity index (χ0v) is 15.5. The lowest BCUT2D eigenvalue weighted by Crippen LogP contribution is -2.52. The van der Waals surface area contributed by atoms with Gasteiger partial charge in [0.1, 0.15) is 6.61 Å². The Morgan fingerprint density at radius 2 is 1.85 bits per heavy atom. The topological polar surface area (TPSA) is 57.2 Å². The van der Waals surface area contributed by atoms with Gasteiger partial charge in [0.15, 0.2) is 12.1 Å². The first-order valence-electron chi connectivity index (χ1n) is 9.99. The average molecular weight is 363 g/mol. The first-order chi connectivity index (χ1) is 12.7. The summed E-state index contributed by atoms with van der Waals surface area (Å²) in [4.78, 5) is 14.4. The van der Waals surface area contributed by atoms with Crippen molar-refractivity contribution in [2.75, 3.05) is 33.0 Å². The molecule has 4 rings (SSSR count). The van der Waals surface area contributed by atoms with Crippen molar-refractivity contribution in [1.29, 1.82) is 0 Å². The van der Waals surface area contributed by atoms with E-state index in [1.54, 1.807) is 0 Å². The average Bonchev–Trinajstić information content (AvgIpc) is 3.25. The van der Waals surface area contributed by atoms with E-state index in [1.807, 2.05) is 4.90 Å². The fourth-order valence-electron chi connectivity index (χ4n) is 4.70. The Balaban J connectivity index is 1.29. The summed E-state index contributed by atoms with van der Waals surface area (Å²) in [5.41, 5.74) is -0.0559. The Bertz CT molecular complexity index is 558. The number of likely N-dealkylation sites (tertiary alicyclic amines) is 1. The maximum absolute atomic E-state index is 12.4. The van der Waals surface area contributed by atoms with Gasteiger partial charge in [0.2, 0.25) is 5.91 Å². The monoisotopic (exact) mass is 363 g/mol. The van der Waals surface area contributed by atoms with Crippen LogP contribution in [0.15, 0.2) is 0 Å². The van der Waals surface area contributed by atoms with Gasteiger partial charge in [0.25, 0.3) is 0 Å². The van der Waals surface area contributed by atoms with Gasteiger partial charge in [-0.1, -0.05) is 11.8 Å². The highest BCUT2D eigenvalue weighted by molar-refractivity contribution is 5.80. The van der Waals surface area contributed by atoms with Crippen LogP contribution in [0.2, 0.25) is 0 Å². The van der Waals surface area contributed by atoms with Crippen molar-refractivity contribution in [3.05, 3.63) is 0 Å². The molecule has 0 N–H and O–H groups in total. The van der Waals surface area contributed by atoms with Crippen molar-refractivity contribution in [3.63, 3.8) is 0 Å². The number of hydrogen-bond donors (Lipinski definition) is 0. The number of ether oxygens (including phenoxy) is 4. The van der Waals surface area contributed by atoms with Gasteiger partial charge in [0, 0.05) is 31.4 Å². The van der Waals surface area contributed by atoms with Crippen LogP contribution >= 0.6 is 0 Å².